The summed E-state index contributed by atoms with van der Waals surface area (Å²) in [6.07, 6.45) is 1.84. The van der Waals surface area contributed by atoms with Crippen molar-refractivity contribution in [1.82, 2.24) is 4.98 Å². The van der Waals surface area contributed by atoms with Gasteiger partial charge in [-0.15, -0.1) is 11.3 Å². The molecule has 0 fully saturated rings. The number of rotatable bonds is 5. The third kappa shape index (κ3) is 3.94. The molecule has 0 aliphatic carbocycles. The zero-order valence-corrected chi connectivity index (χ0v) is 15.0. The number of carbonyl (C=O) groups is 1. The van der Waals surface area contributed by atoms with Crippen molar-refractivity contribution in [3.8, 4) is 11.3 Å². The molecular formula is C20H19FN2OS. The number of anilines is 1. The number of nitrogens with one attached hydrogen (secondary N) is 1. The molecule has 128 valence electrons. The first-order valence-corrected chi connectivity index (χ1v) is 9.02. The molecule has 1 amide bonds. The van der Waals surface area contributed by atoms with E-state index in [4.69, 9.17) is 0 Å². The van der Waals surface area contributed by atoms with Crippen molar-refractivity contribution in [2.75, 3.05) is 5.32 Å². The van der Waals surface area contributed by atoms with E-state index in [2.05, 4.69) is 17.2 Å². The molecule has 2 aromatic carbocycles. The summed E-state index contributed by atoms with van der Waals surface area (Å²) in [5.74, 6) is -0.440. The number of thiazole rings is 1. The second kappa shape index (κ2) is 7.57. The number of aromatic nitrogens is 1. The average molecular weight is 354 g/mol. The van der Waals surface area contributed by atoms with E-state index in [0.29, 0.717) is 10.7 Å². The summed E-state index contributed by atoms with van der Waals surface area (Å²) in [6.45, 7) is 4.00. The molecular weight excluding hydrogens is 335 g/mol. The van der Waals surface area contributed by atoms with Crippen LogP contribution in [0.3, 0.4) is 0 Å². The molecule has 3 aromatic rings. The van der Waals surface area contributed by atoms with Gasteiger partial charge >= 0.3 is 0 Å². The van der Waals surface area contributed by atoms with Crippen LogP contribution in [0.25, 0.3) is 11.3 Å². The molecule has 1 aromatic heterocycles. The standard InChI is InChI=1S/C20H19FN2OS/c1-3-6-17-18(14-9-11-15(21)12-10-14)22-20(25-17)23-19(24)16-8-5-4-7-13(16)2/h4-5,7-12H,3,6H2,1-2H3,(H,22,23,24). The van der Waals surface area contributed by atoms with E-state index in [1.165, 1.54) is 23.5 Å². The second-order valence-electron chi connectivity index (χ2n) is 5.82. The van der Waals surface area contributed by atoms with Crippen LogP contribution in [0.5, 0.6) is 0 Å². The zero-order chi connectivity index (χ0) is 17.8. The van der Waals surface area contributed by atoms with Gasteiger partial charge in [0, 0.05) is 16.0 Å². The minimum absolute atomic E-state index is 0.166. The van der Waals surface area contributed by atoms with Crippen LogP contribution in [-0.2, 0) is 6.42 Å². The summed E-state index contributed by atoms with van der Waals surface area (Å²) in [6, 6.07) is 13.7. The molecule has 0 saturated heterocycles. The van der Waals surface area contributed by atoms with Gasteiger partial charge < -0.3 is 0 Å². The Bertz CT molecular complexity index is 887. The van der Waals surface area contributed by atoms with Gasteiger partial charge in [0.15, 0.2) is 5.13 Å². The Kier molecular flexibility index (Phi) is 5.24. The Morgan fingerprint density at radius 2 is 1.88 bits per heavy atom. The lowest BCUT2D eigenvalue weighted by atomic mass is 10.1. The molecule has 25 heavy (non-hydrogen) atoms. The maximum Gasteiger partial charge on any atom is 0.257 e. The number of carbonyl (C=O) groups excluding carboxylic acids is 1. The first kappa shape index (κ1) is 17.3. The Morgan fingerprint density at radius 1 is 1.16 bits per heavy atom. The zero-order valence-electron chi connectivity index (χ0n) is 14.2. The predicted octanol–water partition coefficient (Wildman–Crippen LogP) is 5.46. The first-order chi connectivity index (χ1) is 12.1. The molecule has 0 aliphatic rings. The molecule has 1 heterocycles. The summed E-state index contributed by atoms with van der Waals surface area (Å²) in [4.78, 5) is 18.2. The number of halogens is 1. The summed E-state index contributed by atoms with van der Waals surface area (Å²) in [5.41, 5.74) is 3.23. The molecule has 0 radical (unpaired) electrons. The molecule has 3 nitrogen and oxygen atoms in total. The van der Waals surface area contributed by atoms with Gasteiger partial charge in [0.05, 0.1) is 5.69 Å². The first-order valence-electron chi connectivity index (χ1n) is 8.21. The lowest BCUT2D eigenvalue weighted by Gasteiger charge is -2.04. The van der Waals surface area contributed by atoms with Crippen LogP contribution in [0.4, 0.5) is 9.52 Å². The molecule has 1 N–H and O–H groups in total. The van der Waals surface area contributed by atoms with Gasteiger partial charge in [0.1, 0.15) is 5.82 Å². The molecule has 0 aliphatic heterocycles. The van der Waals surface area contributed by atoms with Crippen LogP contribution < -0.4 is 5.32 Å². The Balaban J connectivity index is 1.90. The lowest BCUT2D eigenvalue weighted by molar-refractivity contribution is 0.102. The van der Waals surface area contributed by atoms with E-state index in [0.717, 1.165) is 34.5 Å². The average Bonchev–Trinajstić information content (AvgIpc) is 2.98. The number of benzene rings is 2. The van der Waals surface area contributed by atoms with Crippen molar-refractivity contribution >= 4 is 22.4 Å². The van der Waals surface area contributed by atoms with E-state index in [1.807, 2.05) is 25.1 Å². The van der Waals surface area contributed by atoms with E-state index >= 15 is 0 Å². The van der Waals surface area contributed by atoms with Crippen LogP contribution in [0, 0.1) is 12.7 Å². The van der Waals surface area contributed by atoms with Crippen LogP contribution in [0.15, 0.2) is 48.5 Å². The highest BCUT2D eigenvalue weighted by molar-refractivity contribution is 7.16. The summed E-state index contributed by atoms with van der Waals surface area (Å²) in [7, 11) is 0. The minimum Gasteiger partial charge on any atom is -0.298 e. The van der Waals surface area contributed by atoms with Gasteiger partial charge in [-0.25, -0.2) is 9.37 Å². The van der Waals surface area contributed by atoms with E-state index in [1.54, 1.807) is 18.2 Å². The third-order valence-electron chi connectivity index (χ3n) is 3.90. The summed E-state index contributed by atoms with van der Waals surface area (Å²) in [5, 5.41) is 3.46. The maximum atomic E-state index is 13.2. The maximum absolute atomic E-state index is 13.2. The fourth-order valence-corrected chi connectivity index (χ4v) is 3.71. The fraction of sp³-hybridized carbons (Fsp3) is 0.200. The van der Waals surface area contributed by atoms with Gasteiger partial charge in [-0.2, -0.15) is 0 Å². The Labute approximate surface area is 150 Å². The molecule has 3 rings (SSSR count). The van der Waals surface area contributed by atoms with E-state index in [9.17, 15) is 9.18 Å². The van der Waals surface area contributed by atoms with Crippen molar-refractivity contribution in [3.63, 3.8) is 0 Å². The molecule has 0 saturated carbocycles. The highest BCUT2D eigenvalue weighted by atomic mass is 32.1. The SMILES string of the molecule is CCCc1sc(NC(=O)c2ccccc2C)nc1-c1ccc(F)cc1. The molecule has 0 spiro atoms. The summed E-state index contributed by atoms with van der Waals surface area (Å²) >= 11 is 1.48. The van der Waals surface area contributed by atoms with Crippen molar-refractivity contribution in [3.05, 3.63) is 70.4 Å². The Hall–Kier alpha value is -2.53. The van der Waals surface area contributed by atoms with E-state index < -0.39 is 0 Å². The van der Waals surface area contributed by atoms with Crippen LogP contribution >= 0.6 is 11.3 Å². The number of aryl methyl sites for hydroxylation is 2. The Morgan fingerprint density at radius 3 is 2.56 bits per heavy atom. The monoisotopic (exact) mass is 354 g/mol. The van der Waals surface area contributed by atoms with Crippen molar-refractivity contribution in [1.29, 1.82) is 0 Å². The number of nitrogens with zero attached hydrogens (tertiary/aromatic N) is 1. The fourth-order valence-electron chi connectivity index (χ4n) is 2.63. The number of hydrogen-bond acceptors (Lipinski definition) is 3. The van der Waals surface area contributed by atoms with E-state index in [-0.39, 0.29) is 11.7 Å². The second-order valence-corrected chi connectivity index (χ2v) is 6.90. The lowest BCUT2D eigenvalue weighted by Crippen LogP contribution is -2.12. The largest absolute Gasteiger partial charge is 0.298 e. The highest BCUT2D eigenvalue weighted by Crippen LogP contribution is 2.32. The van der Waals surface area contributed by atoms with Crippen molar-refractivity contribution in [2.45, 2.75) is 26.7 Å². The minimum atomic E-state index is -0.274. The van der Waals surface area contributed by atoms with Crippen LogP contribution in [0.2, 0.25) is 0 Å². The van der Waals surface area contributed by atoms with Gasteiger partial charge in [-0.05, 0) is 49.2 Å². The summed E-state index contributed by atoms with van der Waals surface area (Å²) < 4.78 is 13.2. The number of hydrogen-bond donors (Lipinski definition) is 1. The number of amides is 1. The quantitative estimate of drug-likeness (QED) is 0.661. The normalized spacial score (nSPS) is 10.7. The topological polar surface area (TPSA) is 42.0 Å². The van der Waals surface area contributed by atoms with Crippen molar-refractivity contribution in [2.24, 2.45) is 0 Å². The molecule has 0 atom stereocenters. The molecule has 5 heteroatoms. The molecule has 0 bridgehead atoms. The van der Waals surface area contributed by atoms with Crippen LogP contribution in [0.1, 0.15) is 34.1 Å². The highest BCUT2D eigenvalue weighted by Gasteiger charge is 2.16. The van der Waals surface area contributed by atoms with Gasteiger partial charge in [-0.3, -0.25) is 10.1 Å². The van der Waals surface area contributed by atoms with Crippen LogP contribution in [-0.4, -0.2) is 10.9 Å². The van der Waals surface area contributed by atoms with Gasteiger partial charge in [0.25, 0.3) is 5.91 Å². The smallest absolute Gasteiger partial charge is 0.257 e. The van der Waals surface area contributed by atoms with Crippen molar-refractivity contribution < 1.29 is 9.18 Å². The van der Waals surface area contributed by atoms with Gasteiger partial charge in [-0.1, -0.05) is 31.5 Å². The molecule has 0 unspecified atom stereocenters. The van der Waals surface area contributed by atoms with Gasteiger partial charge in [0.2, 0.25) is 0 Å². The predicted molar refractivity (Wildman–Crippen MR) is 101 cm³/mol. The third-order valence-corrected chi connectivity index (χ3v) is 4.93.